The summed E-state index contributed by atoms with van der Waals surface area (Å²) in [7, 11) is 0. The third kappa shape index (κ3) is 4.14. The minimum atomic E-state index is -0.0566. The maximum Gasteiger partial charge on any atom is 0.315 e. The van der Waals surface area contributed by atoms with Crippen molar-refractivity contribution >= 4 is 23.7 Å². The number of unbranched alkanes of at least 4 members (excludes halogenated alkanes) is 1. The lowest BCUT2D eigenvalue weighted by Gasteiger charge is -2.16. The van der Waals surface area contributed by atoms with Crippen LogP contribution in [0.4, 0.5) is 4.79 Å². The van der Waals surface area contributed by atoms with Crippen molar-refractivity contribution in [2.45, 2.75) is 49.6 Å². The summed E-state index contributed by atoms with van der Waals surface area (Å²) in [5.74, 6) is 1.18. The summed E-state index contributed by atoms with van der Waals surface area (Å²) in [6, 6.07) is 7.45. The molecule has 0 aromatic heterocycles. The van der Waals surface area contributed by atoms with E-state index < -0.39 is 0 Å². The molecule has 2 fully saturated rings. The van der Waals surface area contributed by atoms with Gasteiger partial charge in [0.05, 0.1) is 12.1 Å². The maximum atomic E-state index is 11.9. The van der Waals surface area contributed by atoms with Crippen molar-refractivity contribution < 1.29 is 14.7 Å². The molecule has 0 radical (unpaired) electrons. The van der Waals surface area contributed by atoms with Gasteiger partial charge in [-0.05, 0) is 18.9 Å². The van der Waals surface area contributed by atoms with E-state index in [1.165, 1.54) is 0 Å². The first-order chi connectivity index (χ1) is 11.6. The highest BCUT2D eigenvalue weighted by Crippen LogP contribution is 2.33. The molecule has 0 saturated carbocycles. The SMILES string of the molecule is O=C(CCCC[C@@H]1SC[C@@H]2NC(=O)N[C@@H]21)NCc1ccccc1O. The van der Waals surface area contributed by atoms with Crippen LogP contribution < -0.4 is 16.0 Å². The maximum absolute atomic E-state index is 11.9. The Kier molecular flexibility index (Phi) is 5.50. The molecule has 4 N–H and O–H groups in total. The Morgan fingerprint density at radius 2 is 2.12 bits per heavy atom. The summed E-state index contributed by atoms with van der Waals surface area (Å²) in [5.41, 5.74) is 0.726. The van der Waals surface area contributed by atoms with Crippen LogP contribution in [0.3, 0.4) is 0 Å². The highest BCUT2D eigenvalue weighted by Gasteiger charge is 2.42. The topological polar surface area (TPSA) is 90.5 Å². The van der Waals surface area contributed by atoms with Crippen LogP contribution in [-0.4, -0.2) is 40.1 Å². The Labute approximate surface area is 145 Å². The number of para-hydroxylation sites is 1. The number of carbonyl (C=O) groups excluding carboxylic acids is 2. The molecule has 0 spiro atoms. The van der Waals surface area contributed by atoms with Crippen LogP contribution >= 0.6 is 11.8 Å². The van der Waals surface area contributed by atoms with Crippen molar-refractivity contribution in [2.24, 2.45) is 0 Å². The quantitative estimate of drug-likeness (QED) is 0.446. The Bertz CT molecular complexity index is 610. The molecule has 130 valence electrons. The smallest absolute Gasteiger partial charge is 0.315 e. The Morgan fingerprint density at radius 3 is 2.96 bits per heavy atom. The monoisotopic (exact) mass is 349 g/mol. The van der Waals surface area contributed by atoms with Gasteiger partial charge in [0.1, 0.15) is 5.75 Å². The summed E-state index contributed by atoms with van der Waals surface area (Å²) >= 11 is 1.90. The number of aromatic hydroxyl groups is 1. The van der Waals surface area contributed by atoms with Gasteiger partial charge in [-0.15, -0.1) is 0 Å². The predicted octanol–water partition coefficient (Wildman–Crippen LogP) is 1.73. The second-order valence-electron chi connectivity index (χ2n) is 6.27. The lowest BCUT2D eigenvalue weighted by molar-refractivity contribution is -0.121. The van der Waals surface area contributed by atoms with Gasteiger partial charge in [0.2, 0.25) is 5.91 Å². The van der Waals surface area contributed by atoms with Gasteiger partial charge in [0.15, 0.2) is 0 Å². The van der Waals surface area contributed by atoms with Crippen molar-refractivity contribution in [1.82, 2.24) is 16.0 Å². The Balaban J connectivity index is 1.31. The number of thioether (sulfide) groups is 1. The second-order valence-corrected chi connectivity index (χ2v) is 7.55. The Hall–Kier alpha value is -1.89. The molecule has 3 amide bonds. The average molecular weight is 349 g/mol. The van der Waals surface area contributed by atoms with E-state index in [2.05, 4.69) is 16.0 Å². The number of fused-ring (bicyclic) bond motifs is 1. The molecule has 2 aliphatic rings. The van der Waals surface area contributed by atoms with Gasteiger partial charge in [-0.3, -0.25) is 4.79 Å². The molecular formula is C17H23N3O3S. The van der Waals surface area contributed by atoms with E-state index in [1.54, 1.807) is 18.2 Å². The lowest BCUT2D eigenvalue weighted by Crippen LogP contribution is -2.36. The number of phenols is 1. The molecular weight excluding hydrogens is 326 g/mol. The van der Waals surface area contributed by atoms with Crippen LogP contribution in [0.15, 0.2) is 24.3 Å². The highest BCUT2D eigenvalue weighted by molar-refractivity contribution is 8.00. The fourth-order valence-corrected chi connectivity index (χ4v) is 4.76. The van der Waals surface area contributed by atoms with Gasteiger partial charge in [-0.1, -0.05) is 24.6 Å². The fraction of sp³-hybridized carbons (Fsp3) is 0.529. The third-order valence-corrected chi connectivity index (χ3v) is 6.06. The number of nitrogens with one attached hydrogen (secondary N) is 3. The van der Waals surface area contributed by atoms with Crippen molar-refractivity contribution in [3.63, 3.8) is 0 Å². The predicted molar refractivity (Wildman–Crippen MR) is 93.9 cm³/mol. The van der Waals surface area contributed by atoms with Crippen LogP contribution in [0.5, 0.6) is 5.75 Å². The van der Waals surface area contributed by atoms with Crippen molar-refractivity contribution in [1.29, 1.82) is 0 Å². The number of rotatable bonds is 7. The number of hydrogen-bond acceptors (Lipinski definition) is 4. The van der Waals surface area contributed by atoms with Crippen molar-refractivity contribution in [2.75, 3.05) is 5.75 Å². The number of benzene rings is 1. The number of urea groups is 1. The molecule has 2 saturated heterocycles. The molecule has 24 heavy (non-hydrogen) atoms. The molecule has 1 aromatic carbocycles. The van der Waals surface area contributed by atoms with Crippen LogP contribution in [0.1, 0.15) is 31.2 Å². The van der Waals surface area contributed by atoms with E-state index in [4.69, 9.17) is 0 Å². The summed E-state index contributed by atoms with van der Waals surface area (Å²) < 4.78 is 0. The van der Waals surface area contributed by atoms with E-state index in [9.17, 15) is 14.7 Å². The normalized spacial score (nSPS) is 25.0. The molecule has 2 aliphatic heterocycles. The zero-order valence-electron chi connectivity index (χ0n) is 13.5. The van der Waals surface area contributed by atoms with Gasteiger partial charge in [0.25, 0.3) is 0 Å². The van der Waals surface area contributed by atoms with Gasteiger partial charge in [-0.25, -0.2) is 4.79 Å². The zero-order valence-corrected chi connectivity index (χ0v) is 14.3. The standard InChI is InChI=1S/C17H23N3O3S/c21-13-6-2-1-5-11(13)9-18-15(22)8-4-3-7-14-16-12(10-24-14)19-17(23)20-16/h1-2,5-6,12,14,16,21H,3-4,7-10H2,(H,18,22)(H2,19,20,23)/t12-,14-,16-/m0/s1. The zero-order chi connectivity index (χ0) is 16.9. The first-order valence-electron chi connectivity index (χ1n) is 8.35. The minimum absolute atomic E-state index is 0.00559. The first kappa shape index (κ1) is 17.0. The minimum Gasteiger partial charge on any atom is -0.508 e. The van der Waals surface area contributed by atoms with Gasteiger partial charge in [-0.2, -0.15) is 11.8 Å². The highest BCUT2D eigenvalue weighted by atomic mass is 32.2. The van der Waals surface area contributed by atoms with E-state index in [-0.39, 0.29) is 29.8 Å². The average Bonchev–Trinajstić information content (AvgIpc) is 3.10. The Morgan fingerprint density at radius 1 is 1.29 bits per heavy atom. The van der Waals surface area contributed by atoms with Crippen LogP contribution in [-0.2, 0) is 11.3 Å². The summed E-state index contributed by atoms with van der Waals surface area (Å²) in [4.78, 5) is 23.2. The van der Waals surface area contributed by atoms with Gasteiger partial charge < -0.3 is 21.1 Å². The van der Waals surface area contributed by atoms with E-state index >= 15 is 0 Å². The van der Waals surface area contributed by atoms with Gasteiger partial charge >= 0.3 is 6.03 Å². The number of phenolic OH excluding ortho intramolecular Hbond substituents is 1. The van der Waals surface area contributed by atoms with E-state index in [0.29, 0.717) is 18.2 Å². The molecule has 0 unspecified atom stereocenters. The fourth-order valence-electron chi connectivity index (χ4n) is 3.22. The first-order valence-corrected chi connectivity index (χ1v) is 9.40. The van der Waals surface area contributed by atoms with Crippen LogP contribution in [0.2, 0.25) is 0 Å². The summed E-state index contributed by atoms with van der Waals surface area (Å²) in [5, 5.41) is 18.9. The van der Waals surface area contributed by atoms with E-state index in [1.807, 2.05) is 17.8 Å². The second kappa shape index (κ2) is 7.79. The lowest BCUT2D eigenvalue weighted by atomic mass is 10.0. The van der Waals surface area contributed by atoms with Gasteiger partial charge in [0, 0.05) is 29.5 Å². The van der Waals surface area contributed by atoms with Crippen LogP contribution in [0, 0.1) is 0 Å². The van der Waals surface area contributed by atoms with Crippen LogP contribution in [0.25, 0.3) is 0 Å². The molecule has 6 nitrogen and oxygen atoms in total. The molecule has 7 heteroatoms. The molecule has 2 heterocycles. The number of hydrogen-bond donors (Lipinski definition) is 4. The number of carbonyl (C=O) groups is 2. The molecule has 0 bridgehead atoms. The van der Waals surface area contributed by atoms with Crippen molar-refractivity contribution in [3.8, 4) is 5.75 Å². The molecule has 3 rings (SSSR count). The summed E-state index contributed by atoms with van der Waals surface area (Å²) in [6.07, 6.45) is 3.31. The molecule has 0 aliphatic carbocycles. The largest absolute Gasteiger partial charge is 0.508 e. The third-order valence-electron chi connectivity index (χ3n) is 4.55. The number of amides is 3. The molecule has 1 aromatic rings. The van der Waals surface area contributed by atoms with E-state index in [0.717, 1.165) is 30.6 Å². The summed E-state index contributed by atoms with van der Waals surface area (Å²) in [6.45, 7) is 0.353. The molecule has 3 atom stereocenters. The van der Waals surface area contributed by atoms with Crippen molar-refractivity contribution in [3.05, 3.63) is 29.8 Å².